The Morgan fingerprint density at radius 2 is 0.769 bits per heavy atom. The van der Waals surface area contributed by atoms with Gasteiger partial charge in [0, 0.05) is 33.2 Å². The van der Waals surface area contributed by atoms with Gasteiger partial charge in [-0.3, -0.25) is 0 Å². The first kappa shape index (κ1) is 29.8. The number of furan rings is 2. The third-order valence-electron chi connectivity index (χ3n) is 9.85. The molecule has 0 saturated heterocycles. The Labute approximate surface area is 301 Å². The molecule has 0 spiro atoms. The van der Waals surface area contributed by atoms with Crippen molar-refractivity contribution in [1.29, 1.82) is 0 Å². The van der Waals surface area contributed by atoms with Gasteiger partial charge in [0.25, 0.3) is 0 Å². The number of benzene rings is 8. The van der Waals surface area contributed by atoms with E-state index in [1.807, 2.05) is 24.3 Å². The molecule has 0 aliphatic heterocycles. The van der Waals surface area contributed by atoms with E-state index >= 15 is 0 Å². The van der Waals surface area contributed by atoms with E-state index in [9.17, 15) is 0 Å². The van der Waals surface area contributed by atoms with Crippen LogP contribution in [0.5, 0.6) is 0 Å². The highest BCUT2D eigenvalue weighted by molar-refractivity contribution is 6.18. The molecule has 8 aromatic carbocycles. The fourth-order valence-corrected chi connectivity index (χ4v) is 7.49. The third-order valence-corrected chi connectivity index (χ3v) is 9.85. The Kier molecular flexibility index (Phi) is 7.10. The van der Waals surface area contributed by atoms with Crippen LogP contribution in [0.1, 0.15) is 0 Å². The van der Waals surface area contributed by atoms with E-state index in [4.69, 9.17) is 8.83 Å². The Hall–Kier alpha value is -7.04. The van der Waals surface area contributed by atoms with Crippen LogP contribution in [0.3, 0.4) is 0 Å². The predicted molar refractivity (Wildman–Crippen MR) is 216 cm³/mol. The van der Waals surface area contributed by atoms with Crippen LogP contribution < -0.4 is 9.80 Å². The molecular formula is C48H32N2O2. The number of rotatable bonds is 7. The predicted octanol–water partition coefficient (Wildman–Crippen LogP) is 14.1. The molecular weight excluding hydrogens is 637 g/mol. The maximum atomic E-state index is 6.94. The Morgan fingerprint density at radius 3 is 1.46 bits per heavy atom. The number of anilines is 6. The summed E-state index contributed by atoms with van der Waals surface area (Å²) in [6.45, 7) is 0. The summed E-state index contributed by atoms with van der Waals surface area (Å²) in [5.74, 6) is 0. The third kappa shape index (κ3) is 4.92. The van der Waals surface area contributed by atoms with Gasteiger partial charge in [-0.25, -0.2) is 0 Å². The summed E-state index contributed by atoms with van der Waals surface area (Å²) >= 11 is 0. The molecule has 0 fully saturated rings. The summed E-state index contributed by atoms with van der Waals surface area (Å²) in [6.07, 6.45) is 0. The highest BCUT2D eigenvalue weighted by Gasteiger charge is 2.27. The van der Waals surface area contributed by atoms with Crippen LogP contribution in [-0.4, -0.2) is 0 Å². The van der Waals surface area contributed by atoms with Crippen LogP contribution in [0.15, 0.2) is 203 Å². The molecule has 2 heterocycles. The average molecular weight is 669 g/mol. The second-order valence-corrected chi connectivity index (χ2v) is 12.9. The number of hydrogen-bond donors (Lipinski definition) is 0. The van der Waals surface area contributed by atoms with E-state index in [1.165, 1.54) is 5.56 Å². The second-order valence-electron chi connectivity index (χ2n) is 12.9. The molecule has 0 N–H and O–H groups in total. The Balaban J connectivity index is 1.26. The summed E-state index contributed by atoms with van der Waals surface area (Å²) in [5, 5.41) is 4.23. The van der Waals surface area contributed by atoms with Gasteiger partial charge < -0.3 is 18.6 Å². The SMILES string of the molecule is c1ccc(-c2ccc(N(c3cccc4c3oc3ccccc34)c3ccc(N(c4ccccc4)c4ccccc4)c4c3oc3ccccc34)cc2)cc1. The van der Waals surface area contributed by atoms with Gasteiger partial charge in [0.05, 0.1) is 22.4 Å². The van der Waals surface area contributed by atoms with E-state index in [1.54, 1.807) is 0 Å². The quantitative estimate of drug-likeness (QED) is 0.169. The molecule has 10 rings (SSSR count). The van der Waals surface area contributed by atoms with Crippen molar-refractivity contribution in [3.05, 3.63) is 194 Å². The van der Waals surface area contributed by atoms with Gasteiger partial charge in [-0.2, -0.15) is 0 Å². The van der Waals surface area contributed by atoms with Crippen molar-refractivity contribution < 1.29 is 8.83 Å². The zero-order chi connectivity index (χ0) is 34.4. The highest BCUT2D eigenvalue weighted by Crippen LogP contribution is 2.50. The molecule has 0 aliphatic rings. The molecule has 0 aliphatic carbocycles. The minimum Gasteiger partial charge on any atom is -0.454 e. The molecule has 52 heavy (non-hydrogen) atoms. The van der Waals surface area contributed by atoms with Gasteiger partial charge in [0.15, 0.2) is 11.2 Å². The molecule has 0 amide bonds. The van der Waals surface area contributed by atoms with Crippen molar-refractivity contribution in [2.45, 2.75) is 0 Å². The zero-order valence-corrected chi connectivity index (χ0v) is 28.2. The number of fused-ring (bicyclic) bond motifs is 6. The van der Waals surface area contributed by atoms with Crippen LogP contribution in [0.4, 0.5) is 34.1 Å². The fourth-order valence-electron chi connectivity index (χ4n) is 7.49. The van der Waals surface area contributed by atoms with Crippen molar-refractivity contribution in [3.63, 3.8) is 0 Å². The summed E-state index contributed by atoms with van der Waals surface area (Å²) in [5.41, 5.74) is 11.6. The van der Waals surface area contributed by atoms with Gasteiger partial charge in [-0.05, 0) is 77.9 Å². The molecule has 4 heteroatoms. The first-order valence-corrected chi connectivity index (χ1v) is 17.5. The average Bonchev–Trinajstić information content (AvgIpc) is 3.80. The summed E-state index contributed by atoms with van der Waals surface area (Å²) < 4.78 is 13.6. The Bertz CT molecular complexity index is 2800. The number of nitrogens with zero attached hydrogens (tertiary/aromatic N) is 2. The van der Waals surface area contributed by atoms with Crippen molar-refractivity contribution in [2.75, 3.05) is 9.80 Å². The standard InChI is InChI=1S/C48H32N2O2/c1-4-15-33(16-5-1)34-27-29-37(30-28-34)50(42-24-14-23-39-38-21-10-12-25-44(38)51-47(39)42)43-32-31-41(46-40-22-11-13-26-45(40)52-48(43)46)49(35-17-6-2-7-18-35)36-19-8-3-9-20-36/h1-32H. The molecule has 0 atom stereocenters. The Morgan fingerprint density at radius 1 is 0.288 bits per heavy atom. The van der Waals surface area contributed by atoms with Crippen molar-refractivity contribution >= 4 is 78.0 Å². The van der Waals surface area contributed by atoms with Gasteiger partial charge in [0.1, 0.15) is 11.2 Å². The zero-order valence-electron chi connectivity index (χ0n) is 28.2. The van der Waals surface area contributed by atoms with Crippen LogP contribution >= 0.6 is 0 Å². The number of hydrogen-bond acceptors (Lipinski definition) is 4. The summed E-state index contributed by atoms with van der Waals surface area (Å²) in [6, 6.07) is 67.6. The fraction of sp³-hybridized carbons (Fsp3) is 0. The maximum absolute atomic E-state index is 6.94. The molecule has 0 radical (unpaired) electrons. The van der Waals surface area contributed by atoms with Crippen LogP contribution in [0, 0.1) is 0 Å². The first-order valence-electron chi connectivity index (χ1n) is 17.5. The first-order chi connectivity index (χ1) is 25.8. The largest absolute Gasteiger partial charge is 0.454 e. The lowest BCUT2D eigenvalue weighted by atomic mass is 10.0. The van der Waals surface area contributed by atoms with Gasteiger partial charge >= 0.3 is 0 Å². The van der Waals surface area contributed by atoms with E-state index in [0.29, 0.717) is 0 Å². The molecule has 0 saturated carbocycles. The highest BCUT2D eigenvalue weighted by atomic mass is 16.3. The van der Waals surface area contributed by atoms with Gasteiger partial charge in [0.2, 0.25) is 0 Å². The molecule has 0 bridgehead atoms. The van der Waals surface area contributed by atoms with Crippen LogP contribution in [0.25, 0.3) is 55.0 Å². The molecule has 2 aromatic heterocycles. The van der Waals surface area contributed by atoms with Crippen LogP contribution in [0.2, 0.25) is 0 Å². The lowest BCUT2D eigenvalue weighted by Gasteiger charge is -2.29. The monoisotopic (exact) mass is 668 g/mol. The van der Waals surface area contributed by atoms with Crippen LogP contribution in [-0.2, 0) is 0 Å². The minimum absolute atomic E-state index is 0.788. The smallest absolute Gasteiger partial charge is 0.161 e. The van der Waals surface area contributed by atoms with Gasteiger partial charge in [-0.1, -0.05) is 127 Å². The van der Waals surface area contributed by atoms with Crippen molar-refractivity contribution in [3.8, 4) is 11.1 Å². The lowest BCUT2D eigenvalue weighted by molar-refractivity contribution is 0.666. The summed E-state index contributed by atoms with van der Waals surface area (Å²) in [4.78, 5) is 4.59. The topological polar surface area (TPSA) is 32.8 Å². The maximum Gasteiger partial charge on any atom is 0.161 e. The van der Waals surface area contributed by atoms with E-state index < -0.39 is 0 Å². The normalized spacial score (nSPS) is 11.5. The van der Waals surface area contributed by atoms with Gasteiger partial charge in [-0.15, -0.1) is 0 Å². The van der Waals surface area contributed by atoms with E-state index in [2.05, 4.69) is 180 Å². The molecule has 0 unspecified atom stereocenters. The second kappa shape index (κ2) is 12.4. The molecule has 10 aromatic rings. The summed E-state index contributed by atoms with van der Waals surface area (Å²) in [7, 11) is 0. The van der Waals surface area contributed by atoms with E-state index in [-0.39, 0.29) is 0 Å². The minimum atomic E-state index is 0.788. The lowest BCUT2D eigenvalue weighted by Crippen LogP contribution is -2.13. The van der Waals surface area contributed by atoms with E-state index in [0.717, 1.165) is 83.6 Å². The van der Waals surface area contributed by atoms with Crippen molar-refractivity contribution in [1.82, 2.24) is 0 Å². The van der Waals surface area contributed by atoms with Crippen molar-refractivity contribution in [2.24, 2.45) is 0 Å². The number of para-hydroxylation sites is 5. The molecule has 246 valence electrons. The molecule has 4 nitrogen and oxygen atoms in total.